The van der Waals surface area contributed by atoms with E-state index in [2.05, 4.69) is 5.32 Å². The molecule has 40 heavy (non-hydrogen) atoms. The van der Waals surface area contributed by atoms with Gasteiger partial charge < -0.3 is 10.2 Å². The molecule has 0 heterocycles. The van der Waals surface area contributed by atoms with E-state index in [0.717, 1.165) is 42.4 Å². The molecular weight excluding hydrogens is 522 g/mol. The molecule has 0 saturated heterocycles. The summed E-state index contributed by atoms with van der Waals surface area (Å²) in [5.74, 6) is -0.626. The predicted molar refractivity (Wildman–Crippen MR) is 158 cm³/mol. The highest BCUT2D eigenvalue weighted by atomic mass is 32.2. The van der Waals surface area contributed by atoms with Crippen molar-refractivity contribution in [3.8, 4) is 0 Å². The SMILES string of the molecule is CCC(C(=O)NC1CCCC1)N(Cc1ccccc1)C(=O)CN(c1cc(C)cc(C)c1)S(=O)(=O)c1ccccc1. The van der Waals surface area contributed by atoms with E-state index in [9.17, 15) is 18.0 Å². The van der Waals surface area contributed by atoms with E-state index in [1.165, 1.54) is 21.3 Å². The van der Waals surface area contributed by atoms with Crippen LogP contribution in [-0.2, 0) is 26.2 Å². The van der Waals surface area contributed by atoms with Crippen molar-refractivity contribution < 1.29 is 18.0 Å². The minimum atomic E-state index is -4.08. The molecule has 212 valence electrons. The number of nitrogens with zero attached hydrogens (tertiary/aromatic N) is 2. The molecule has 1 N–H and O–H groups in total. The summed E-state index contributed by atoms with van der Waals surface area (Å²) in [5, 5.41) is 3.14. The van der Waals surface area contributed by atoms with E-state index in [1.807, 2.05) is 57.2 Å². The monoisotopic (exact) mass is 561 g/mol. The van der Waals surface area contributed by atoms with Gasteiger partial charge in [0.15, 0.2) is 0 Å². The van der Waals surface area contributed by atoms with Crippen molar-refractivity contribution in [2.24, 2.45) is 0 Å². The fraction of sp³-hybridized carbons (Fsp3) is 0.375. The maximum atomic E-state index is 14.2. The fourth-order valence-corrected chi connectivity index (χ4v) is 6.83. The van der Waals surface area contributed by atoms with Gasteiger partial charge in [-0.1, -0.05) is 74.4 Å². The molecule has 1 aliphatic rings. The van der Waals surface area contributed by atoms with E-state index in [1.54, 1.807) is 30.3 Å². The molecule has 1 saturated carbocycles. The van der Waals surface area contributed by atoms with Gasteiger partial charge in [-0.25, -0.2) is 8.42 Å². The summed E-state index contributed by atoms with van der Waals surface area (Å²) in [4.78, 5) is 29.3. The summed E-state index contributed by atoms with van der Waals surface area (Å²) < 4.78 is 29.1. The Morgan fingerprint density at radius 3 is 2.05 bits per heavy atom. The summed E-state index contributed by atoms with van der Waals surface area (Å²) in [6, 6.07) is 22.5. The lowest BCUT2D eigenvalue weighted by Gasteiger charge is -2.34. The molecule has 1 aliphatic carbocycles. The van der Waals surface area contributed by atoms with E-state index in [-0.39, 0.29) is 23.4 Å². The number of hydrogen-bond donors (Lipinski definition) is 1. The Hall–Kier alpha value is -3.65. The third-order valence-electron chi connectivity index (χ3n) is 7.39. The third-order valence-corrected chi connectivity index (χ3v) is 9.18. The second-order valence-electron chi connectivity index (χ2n) is 10.6. The zero-order chi connectivity index (χ0) is 28.7. The Bertz CT molecular complexity index is 1380. The van der Waals surface area contributed by atoms with Crippen LogP contribution in [0.25, 0.3) is 0 Å². The van der Waals surface area contributed by atoms with Gasteiger partial charge in [-0.2, -0.15) is 0 Å². The average Bonchev–Trinajstić information content (AvgIpc) is 3.45. The Labute approximate surface area is 238 Å². The topological polar surface area (TPSA) is 86.8 Å². The molecule has 0 aliphatic heterocycles. The van der Waals surface area contributed by atoms with Crippen LogP contribution in [0.2, 0.25) is 0 Å². The van der Waals surface area contributed by atoms with Crippen molar-refractivity contribution in [3.05, 3.63) is 95.6 Å². The molecule has 1 atom stereocenters. The van der Waals surface area contributed by atoms with Gasteiger partial charge in [-0.05, 0) is 74.1 Å². The molecule has 2 amide bonds. The molecule has 0 spiro atoms. The van der Waals surface area contributed by atoms with Crippen molar-refractivity contribution in [2.75, 3.05) is 10.8 Å². The van der Waals surface area contributed by atoms with Gasteiger partial charge in [0.1, 0.15) is 12.6 Å². The molecule has 1 fully saturated rings. The second-order valence-corrected chi connectivity index (χ2v) is 12.5. The lowest BCUT2D eigenvalue weighted by atomic mass is 10.1. The Morgan fingerprint density at radius 1 is 0.900 bits per heavy atom. The number of rotatable bonds is 11. The number of carbonyl (C=O) groups is 2. The molecule has 4 rings (SSSR count). The largest absolute Gasteiger partial charge is 0.352 e. The van der Waals surface area contributed by atoms with E-state index in [4.69, 9.17) is 0 Å². The van der Waals surface area contributed by atoms with Crippen LogP contribution in [0.1, 0.15) is 55.7 Å². The van der Waals surface area contributed by atoms with Gasteiger partial charge in [-0.3, -0.25) is 13.9 Å². The van der Waals surface area contributed by atoms with Crippen molar-refractivity contribution in [2.45, 2.75) is 76.4 Å². The molecule has 0 bridgehead atoms. The van der Waals surface area contributed by atoms with Gasteiger partial charge in [0, 0.05) is 12.6 Å². The number of carbonyl (C=O) groups excluding carboxylic acids is 2. The van der Waals surface area contributed by atoms with E-state index < -0.39 is 28.5 Å². The molecule has 8 heteroatoms. The van der Waals surface area contributed by atoms with E-state index in [0.29, 0.717) is 12.1 Å². The fourth-order valence-electron chi connectivity index (χ4n) is 5.41. The zero-order valence-electron chi connectivity index (χ0n) is 23.5. The molecule has 0 radical (unpaired) electrons. The molecular formula is C32H39N3O4S. The van der Waals surface area contributed by atoms with Crippen LogP contribution in [0.4, 0.5) is 5.69 Å². The van der Waals surface area contributed by atoms with Crippen LogP contribution >= 0.6 is 0 Å². The van der Waals surface area contributed by atoms with Crippen molar-refractivity contribution in [1.82, 2.24) is 10.2 Å². The minimum Gasteiger partial charge on any atom is -0.352 e. The smallest absolute Gasteiger partial charge is 0.264 e. The summed E-state index contributed by atoms with van der Waals surface area (Å²) in [7, 11) is -4.08. The molecule has 0 aromatic heterocycles. The van der Waals surface area contributed by atoms with E-state index >= 15 is 0 Å². The Kier molecular flexibility index (Phi) is 9.63. The standard InChI is InChI=1S/C32H39N3O4S/c1-4-30(32(37)33-27-15-11-12-16-27)34(22-26-13-7-5-8-14-26)31(36)23-35(28-20-24(2)19-25(3)21-28)40(38,39)29-17-9-6-10-18-29/h5-10,13-14,17-21,27,30H,4,11-12,15-16,22-23H2,1-3H3,(H,33,37). The first-order valence-corrected chi connectivity index (χ1v) is 15.4. The quantitative estimate of drug-likeness (QED) is 0.341. The molecule has 3 aromatic carbocycles. The van der Waals surface area contributed by atoms with Gasteiger partial charge in [-0.15, -0.1) is 0 Å². The summed E-state index contributed by atoms with van der Waals surface area (Å²) in [6.07, 6.45) is 4.44. The summed E-state index contributed by atoms with van der Waals surface area (Å²) >= 11 is 0. The van der Waals surface area contributed by atoms with Crippen molar-refractivity contribution in [3.63, 3.8) is 0 Å². The number of amides is 2. The lowest BCUT2D eigenvalue weighted by Crippen LogP contribution is -2.53. The van der Waals surface area contributed by atoms with Crippen molar-refractivity contribution in [1.29, 1.82) is 0 Å². The normalized spacial score (nSPS) is 14.5. The summed E-state index contributed by atoms with van der Waals surface area (Å²) in [5.41, 5.74) is 3.06. The lowest BCUT2D eigenvalue weighted by molar-refractivity contribution is -0.140. The number of benzene rings is 3. The molecule has 3 aromatic rings. The second kappa shape index (κ2) is 13.1. The number of sulfonamides is 1. The first-order chi connectivity index (χ1) is 19.2. The van der Waals surface area contributed by atoms with Crippen LogP contribution in [0, 0.1) is 13.8 Å². The van der Waals surface area contributed by atoms with Crippen LogP contribution < -0.4 is 9.62 Å². The van der Waals surface area contributed by atoms with Gasteiger partial charge in [0.2, 0.25) is 11.8 Å². The van der Waals surface area contributed by atoms with Crippen molar-refractivity contribution >= 4 is 27.5 Å². The number of hydrogen-bond acceptors (Lipinski definition) is 4. The highest BCUT2D eigenvalue weighted by Gasteiger charge is 2.34. The predicted octanol–water partition coefficient (Wildman–Crippen LogP) is 5.36. The Morgan fingerprint density at radius 2 is 1.48 bits per heavy atom. The molecule has 1 unspecified atom stereocenters. The Balaban J connectivity index is 1.72. The third kappa shape index (κ3) is 7.10. The number of nitrogens with one attached hydrogen (secondary N) is 1. The highest BCUT2D eigenvalue weighted by molar-refractivity contribution is 7.92. The maximum Gasteiger partial charge on any atom is 0.264 e. The first kappa shape index (κ1) is 29.3. The molecule has 7 nitrogen and oxygen atoms in total. The minimum absolute atomic E-state index is 0.0996. The number of aryl methyl sites for hydroxylation is 2. The number of anilines is 1. The van der Waals surface area contributed by atoms with Gasteiger partial charge >= 0.3 is 0 Å². The highest BCUT2D eigenvalue weighted by Crippen LogP contribution is 2.27. The zero-order valence-corrected chi connectivity index (χ0v) is 24.4. The van der Waals surface area contributed by atoms with Gasteiger partial charge in [0.25, 0.3) is 10.0 Å². The first-order valence-electron chi connectivity index (χ1n) is 14.0. The maximum absolute atomic E-state index is 14.2. The summed E-state index contributed by atoms with van der Waals surface area (Å²) in [6.45, 7) is 5.44. The average molecular weight is 562 g/mol. The van der Waals surface area contributed by atoms with Crippen LogP contribution in [0.5, 0.6) is 0 Å². The van der Waals surface area contributed by atoms with Crippen LogP contribution in [-0.4, -0.2) is 43.8 Å². The van der Waals surface area contributed by atoms with Gasteiger partial charge in [0.05, 0.1) is 10.6 Å². The van der Waals surface area contributed by atoms with Crippen LogP contribution in [0.3, 0.4) is 0 Å². The van der Waals surface area contributed by atoms with Crippen LogP contribution in [0.15, 0.2) is 83.8 Å².